The quantitative estimate of drug-likeness (QED) is 0.838. The number of benzene rings is 2. The van der Waals surface area contributed by atoms with Gasteiger partial charge in [-0.25, -0.2) is 0 Å². The lowest BCUT2D eigenvalue weighted by molar-refractivity contribution is 0.161. The molecule has 2 aromatic rings. The standard InChI is InChI=1S/C17H19NO/c1-11-7-8-12(2)14(9-11)17-10-15(18)13-5-3-4-6-16(13)19-17/h3-9,15,17H,10,18H2,1-2H3. The van der Waals surface area contributed by atoms with Gasteiger partial charge in [0.2, 0.25) is 0 Å². The van der Waals surface area contributed by atoms with Gasteiger partial charge in [-0.15, -0.1) is 0 Å². The maximum absolute atomic E-state index is 6.28. The second-order valence-electron chi connectivity index (χ2n) is 5.35. The van der Waals surface area contributed by atoms with E-state index in [0.717, 1.165) is 17.7 Å². The van der Waals surface area contributed by atoms with Crippen molar-refractivity contribution in [1.29, 1.82) is 0 Å². The van der Waals surface area contributed by atoms with E-state index < -0.39 is 0 Å². The highest BCUT2D eigenvalue weighted by atomic mass is 16.5. The Kier molecular flexibility index (Phi) is 3.03. The first-order valence-corrected chi connectivity index (χ1v) is 6.73. The van der Waals surface area contributed by atoms with Crippen LogP contribution in [0.4, 0.5) is 0 Å². The predicted molar refractivity (Wildman–Crippen MR) is 77.3 cm³/mol. The third kappa shape index (κ3) is 2.24. The van der Waals surface area contributed by atoms with Crippen molar-refractivity contribution in [2.24, 2.45) is 5.73 Å². The first-order valence-electron chi connectivity index (χ1n) is 6.73. The third-order valence-electron chi connectivity index (χ3n) is 3.84. The van der Waals surface area contributed by atoms with E-state index in [1.165, 1.54) is 16.7 Å². The van der Waals surface area contributed by atoms with Gasteiger partial charge < -0.3 is 10.5 Å². The van der Waals surface area contributed by atoms with Gasteiger partial charge in [0.05, 0.1) is 0 Å². The van der Waals surface area contributed by atoms with Gasteiger partial charge >= 0.3 is 0 Å². The number of para-hydroxylation sites is 1. The predicted octanol–water partition coefficient (Wildman–Crippen LogP) is 3.83. The highest BCUT2D eigenvalue weighted by molar-refractivity contribution is 5.40. The first-order chi connectivity index (χ1) is 9.15. The summed E-state index contributed by atoms with van der Waals surface area (Å²) in [4.78, 5) is 0. The summed E-state index contributed by atoms with van der Waals surface area (Å²) < 4.78 is 6.14. The van der Waals surface area contributed by atoms with Crippen molar-refractivity contribution in [3.8, 4) is 5.75 Å². The van der Waals surface area contributed by atoms with Crippen LogP contribution in [0.3, 0.4) is 0 Å². The van der Waals surface area contributed by atoms with Crippen LogP contribution in [0.15, 0.2) is 42.5 Å². The van der Waals surface area contributed by atoms with Crippen molar-refractivity contribution < 1.29 is 4.74 Å². The van der Waals surface area contributed by atoms with Crippen LogP contribution in [-0.4, -0.2) is 0 Å². The first kappa shape index (κ1) is 12.2. The molecule has 0 radical (unpaired) electrons. The molecule has 2 unspecified atom stereocenters. The van der Waals surface area contributed by atoms with Crippen molar-refractivity contribution in [1.82, 2.24) is 0 Å². The maximum Gasteiger partial charge on any atom is 0.126 e. The Morgan fingerprint density at radius 2 is 1.84 bits per heavy atom. The molecule has 2 N–H and O–H groups in total. The van der Waals surface area contributed by atoms with E-state index in [1.807, 2.05) is 18.2 Å². The average Bonchev–Trinajstić information content (AvgIpc) is 2.41. The zero-order valence-corrected chi connectivity index (χ0v) is 11.4. The van der Waals surface area contributed by atoms with Crippen LogP contribution in [0, 0.1) is 13.8 Å². The van der Waals surface area contributed by atoms with Crippen molar-refractivity contribution in [2.75, 3.05) is 0 Å². The summed E-state index contributed by atoms with van der Waals surface area (Å²) in [6.07, 6.45) is 0.895. The topological polar surface area (TPSA) is 35.2 Å². The molecular weight excluding hydrogens is 234 g/mol. The van der Waals surface area contributed by atoms with Crippen LogP contribution in [0.2, 0.25) is 0 Å². The molecule has 98 valence electrons. The monoisotopic (exact) mass is 253 g/mol. The molecule has 3 rings (SSSR count). The molecule has 0 amide bonds. The molecule has 0 aliphatic carbocycles. The molecule has 0 saturated heterocycles. The second-order valence-corrected chi connectivity index (χ2v) is 5.35. The number of aryl methyl sites for hydroxylation is 2. The maximum atomic E-state index is 6.28. The molecule has 2 heteroatoms. The number of ether oxygens (including phenoxy) is 1. The lowest BCUT2D eigenvalue weighted by atomic mass is 9.91. The van der Waals surface area contributed by atoms with E-state index >= 15 is 0 Å². The minimum Gasteiger partial charge on any atom is -0.485 e. The van der Waals surface area contributed by atoms with Crippen LogP contribution < -0.4 is 10.5 Å². The summed E-state index contributed by atoms with van der Waals surface area (Å²) in [5.74, 6) is 0.923. The molecule has 0 saturated carbocycles. The highest BCUT2D eigenvalue weighted by Gasteiger charge is 2.27. The molecule has 0 spiro atoms. The Bertz CT molecular complexity index is 606. The number of hydrogen-bond acceptors (Lipinski definition) is 2. The van der Waals surface area contributed by atoms with Gasteiger partial charge in [0.1, 0.15) is 11.9 Å². The van der Waals surface area contributed by atoms with Crippen molar-refractivity contribution in [3.63, 3.8) is 0 Å². The van der Waals surface area contributed by atoms with E-state index in [0.29, 0.717) is 0 Å². The van der Waals surface area contributed by atoms with Gasteiger partial charge in [0, 0.05) is 18.0 Å². The number of hydrogen-bond donors (Lipinski definition) is 1. The van der Waals surface area contributed by atoms with E-state index in [2.05, 4.69) is 38.1 Å². The zero-order valence-electron chi connectivity index (χ0n) is 11.4. The minimum atomic E-state index is 0.0508. The molecule has 1 heterocycles. The van der Waals surface area contributed by atoms with E-state index in [-0.39, 0.29) is 12.1 Å². The molecule has 0 bridgehead atoms. The molecule has 1 aliphatic rings. The lowest BCUT2D eigenvalue weighted by Gasteiger charge is -2.31. The SMILES string of the molecule is Cc1ccc(C)c(C2CC(N)c3ccccc3O2)c1. The van der Waals surface area contributed by atoms with Gasteiger partial charge in [-0.3, -0.25) is 0 Å². The summed E-state index contributed by atoms with van der Waals surface area (Å²) in [6, 6.07) is 14.6. The number of fused-ring (bicyclic) bond motifs is 1. The Morgan fingerprint density at radius 1 is 1.05 bits per heavy atom. The molecular formula is C17H19NO. The van der Waals surface area contributed by atoms with Crippen LogP contribution in [-0.2, 0) is 0 Å². The minimum absolute atomic E-state index is 0.0508. The summed E-state index contributed by atoms with van der Waals surface area (Å²) in [6.45, 7) is 4.24. The van der Waals surface area contributed by atoms with Crippen LogP contribution in [0.25, 0.3) is 0 Å². The van der Waals surface area contributed by atoms with Gasteiger partial charge in [-0.05, 0) is 31.0 Å². The molecule has 0 aromatic heterocycles. The van der Waals surface area contributed by atoms with E-state index in [4.69, 9.17) is 10.5 Å². The third-order valence-corrected chi connectivity index (χ3v) is 3.84. The Balaban J connectivity index is 1.99. The molecule has 2 aromatic carbocycles. The second kappa shape index (κ2) is 4.71. The van der Waals surface area contributed by atoms with Crippen LogP contribution in [0.5, 0.6) is 5.75 Å². The fourth-order valence-corrected chi connectivity index (χ4v) is 2.75. The number of rotatable bonds is 1. The fourth-order valence-electron chi connectivity index (χ4n) is 2.75. The van der Waals surface area contributed by atoms with Gasteiger partial charge in [-0.2, -0.15) is 0 Å². The zero-order chi connectivity index (χ0) is 13.4. The van der Waals surface area contributed by atoms with Crippen molar-refractivity contribution >= 4 is 0 Å². The van der Waals surface area contributed by atoms with Crippen molar-refractivity contribution in [2.45, 2.75) is 32.4 Å². The Labute approximate surface area is 114 Å². The van der Waals surface area contributed by atoms with Gasteiger partial charge in [0.15, 0.2) is 0 Å². The molecule has 19 heavy (non-hydrogen) atoms. The summed E-state index contributed by atoms with van der Waals surface area (Å²) in [5.41, 5.74) is 11.2. The summed E-state index contributed by atoms with van der Waals surface area (Å²) in [7, 11) is 0. The Hall–Kier alpha value is -1.80. The molecule has 2 atom stereocenters. The molecule has 2 nitrogen and oxygen atoms in total. The summed E-state index contributed by atoms with van der Waals surface area (Å²) >= 11 is 0. The van der Waals surface area contributed by atoms with E-state index in [9.17, 15) is 0 Å². The normalized spacial score (nSPS) is 21.6. The summed E-state index contributed by atoms with van der Waals surface area (Å²) in [5, 5.41) is 0. The van der Waals surface area contributed by atoms with Crippen molar-refractivity contribution in [3.05, 3.63) is 64.7 Å². The molecule has 0 fully saturated rings. The Morgan fingerprint density at radius 3 is 2.68 bits per heavy atom. The smallest absolute Gasteiger partial charge is 0.126 e. The van der Waals surface area contributed by atoms with E-state index in [1.54, 1.807) is 0 Å². The number of nitrogens with two attached hydrogens (primary N) is 1. The average molecular weight is 253 g/mol. The highest BCUT2D eigenvalue weighted by Crippen LogP contribution is 2.40. The lowest BCUT2D eigenvalue weighted by Crippen LogP contribution is -2.24. The fraction of sp³-hybridized carbons (Fsp3) is 0.294. The van der Waals surface area contributed by atoms with Crippen LogP contribution in [0.1, 0.15) is 40.8 Å². The van der Waals surface area contributed by atoms with Crippen LogP contribution >= 0.6 is 0 Å². The van der Waals surface area contributed by atoms with Gasteiger partial charge in [0.25, 0.3) is 0 Å². The molecule has 1 aliphatic heterocycles. The van der Waals surface area contributed by atoms with Gasteiger partial charge in [-0.1, -0.05) is 42.0 Å². The largest absolute Gasteiger partial charge is 0.485 e.